The number of hydrogen-bond donors (Lipinski definition) is 1. The Kier molecular flexibility index (Phi) is 4.81. The molecule has 1 aliphatic rings. The summed E-state index contributed by atoms with van der Waals surface area (Å²) < 4.78 is 7.08. The third-order valence-electron chi connectivity index (χ3n) is 4.68. The minimum absolute atomic E-state index is 0.125. The molecular formula is C21H22N4O3. The average molecular weight is 378 g/mol. The predicted octanol–water partition coefficient (Wildman–Crippen LogP) is 3.69. The van der Waals surface area contributed by atoms with Gasteiger partial charge in [0.15, 0.2) is 12.3 Å². The van der Waals surface area contributed by atoms with Crippen LogP contribution in [0.4, 0.5) is 5.69 Å². The second-order valence-corrected chi connectivity index (χ2v) is 7.28. The van der Waals surface area contributed by atoms with Crippen molar-refractivity contribution in [2.24, 2.45) is 0 Å². The summed E-state index contributed by atoms with van der Waals surface area (Å²) in [6.45, 7) is 3.68. The van der Waals surface area contributed by atoms with Gasteiger partial charge in [0, 0.05) is 23.3 Å². The highest BCUT2D eigenvalue weighted by Crippen LogP contribution is 2.40. The van der Waals surface area contributed by atoms with Crippen LogP contribution in [-0.4, -0.2) is 33.2 Å². The number of nitrogens with one attached hydrogen (secondary N) is 1. The quantitative estimate of drug-likeness (QED) is 0.661. The van der Waals surface area contributed by atoms with Gasteiger partial charge >= 0.3 is 5.97 Å². The molecule has 3 aromatic rings. The van der Waals surface area contributed by atoms with Crippen molar-refractivity contribution >= 4 is 28.6 Å². The molecule has 0 spiro atoms. The Balaban J connectivity index is 1.54. The summed E-state index contributed by atoms with van der Waals surface area (Å²) in [6.07, 6.45) is 3.78. The molecule has 0 atom stereocenters. The van der Waals surface area contributed by atoms with Gasteiger partial charge in [-0.25, -0.2) is 14.5 Å². The monoisotopic (exact) mass is 378 g/mol. The summed E-state index contributed by atoms with van der Waals surface area (Å²) in [5.74, 6) is -0.543. The number of anilines is 1. The van der Waals surface area contributed by atoms with Crippen LogP contribution in [0.3, 0.4) is 0 Å². The first-order valence-electron chi connectivity index (χ1n) is 9.43. The van der Waals surface area contributed by atoms with E-state index >= 15 is 0 Å². The molecule has 0 aliphatic heterocycles. The van der Waals surface area contributed by atoms with Crippen molar-refractivity contribution in [1.29, 1.82) is 0 Å². The van der Waals surface area contributed by atoms with Crippen LogP contribution in [0.15, 0.2) is 42.6 Å². The second kappa shape index (κ2) is 7.42. The van der Waals surface area contributed by atoms with E-state index in [0.717, 1.165) is 18.5 Å². The average Bonchev–Trinajstić information content (AvgIpc) is 3.45. The molecule has 4 rings (SSSR count). The van der Waals surface area contributed by atoms with E-state index in [4.69, 9.17) is 9.72 Å². The fourth-order valence-corrected chi connectivity index (χ4v) is 3.10. The van der Waals surface area contributed by atoms with E-state index in [1.807, 2.05) is 32.0 Å². The van der Waals surface area contributed by atoms with Gasteiger partial charge in [-0.3, -0.25) is 4.79 Å². The van der Waals surface area contributed by atoms with Crippen LogP contribution >= 0.6 is 0 Å². The molecule has 1 amide bonds. The minimum atomic E-state index is -0.541. The Morgan fingerprint density at radius 3 is 2.68 bits per heavy atom. The third-order valence-corrected chi connectivity index (χ3v) is 4.68. The van der Waals surface area contributed by atoms with E-state index < -0.39 is 5.97 Å². The topological polar surface area (TPSA) is 86.1 Å². The number of carbonyl (C=O) groups is 2. The molecule has 2 aromatic heterocycles. The van der Waals surface area contributed by atoms with Gasteiger partial charge in [-0.15, -0.1) is 0 Å². The molecule has 1 aliphatic carbocycles. The van der Waals surface area contributed by atoms with Gasteiger partial charge in [-0.2, -0.15) is 5.10 Å². The normalized spacial score (nSPS) is 13.7. The van der Waals surface area contributed by atoms with Gasteiger partial charge < -0.3 is 10.1 Å². The number of nitrogens with zero attached hydrogens (tertiary/aromatic N) is 3. The second-order valence-electron chi connectivity index (χ2n) is 7.28. The number of fused-ring (bicyclic) bond motifs is 1. The molecule has 144 valence electrons. The number of ether oxygens (including phenoxy) is 1. The number of para-hydroxylation sites is 1. The lowest BCUT2D eigenvalue weighted by Crippen LogP contribution is -2.21. The Hall–Kier alpha value is -3.22. The van der Waals surface area contributed by atoms with E-state index in [2.05, 4.69) is 10.4 Å². The number of esters is 1. The summed E-state index contributed by atoms with van der Waals surface area (Å²) in [6, 6.07) is 11.0. The predicted molar refractivity (Wildman–Crippen MR) is 105 cm³/mol. The highest BCUT2D eigenvalue weighted by molar-refractivity contribution is 6.03. The summed E-state index contributed by atoms with van der Waals surface area (Å²) >= 11 is 0. The van der Waals surface area contributed by atoms with Gasteiger partial charge in [-0.1, -0.05) is 18.2 Å². The lowest BCUT2D eigenvalue weighted by Gasteiger charge is -2.10. The van der Waals surface area contributed by atoms with Crippen LogP contribution in [0.5, 0.6) is 0 Å². The van der Waals surface area contributed by atoms with Gasteiger partial charge in [-0.05, 0) is 44.9 Å². The zero-order chi connectivity index (χ0) is 19.7. The fraction of sp³-hybridized carbons (Fsp3) is 0.333. The molecular weight excluding hydrogens is 356 g/mol. The number of amides is 1. The first-order chi connectivity index (χ1) is 13.5. The highest BCUT2D eigenvalue weighted by atomic mass is 16.5. The lowest BCUT2D eigenvalue weighted by atomic mass is 10.1. The molecule has 7 nitrogen and oxygen atoms in total. The van der Waals surface area contributed by atoms with Crippen molar-refractivity contribution in [1.82, 2.24) is 14.8 Å². The van der Waals surface area contributed by atoms with E-state index in [1.165, 1.54) is 0 Å². The van der Waals surface area contributed by atoms with Crippen molar-refractivity contribution in [3.05, 3.63) is 53.9 Å². The summed E-state index contributed by atoms with van der Waals surface area (Å²) in [5, 5.41) is 7.72. The Morgan fingerprint density at radius 1 is 1.25 bits per heavy atom. The fourth-order valence-electron chi connectivity index (χ4n) is 3.10. The van der Waals surface area contributed by atoms with Crippen LogP contribution in [0.25, 0.3) is 11.0 Å². The van der Waals surface area contributed by atoms with Crippen LogP contribution in [0.2, 0.25) is 0 Å². The molecule has 0 radical (unpaired) electrons. The molecule has 7 heteroatoms. The van der Waals surface area contributed by atoms with Crippen molar-refractivity contribution in [3.8, 4) is 0 Å². The van der Waals surface area contributed by atoms with Crippen LogP contribution in [-0.2, 0) is 9.53 Å². The van der Waals surface area contributed by atoms with Gasteiger partial charge in [0.05, 0.1) is 17.1 Å². The summed E-state index contributed by atoms with van der Waals surface area (Å²) in [5.41, 5.74) is 2.63. The van der Waals surface area contributed by atoms with Crippen molar-refractivity contribution in [3.63, 3.8) is 0 Å². The molecule has 1 fully saturated rings. The zero-order valence-corrected chi connectivity index (χ0v) is 15.9. The Labute approximate surface area is 162 Å². The number of carbonyl (C=O) groups excluding carboxylic acids is 2. The number of pyridine rings is 1. The Bertz CT molecular complexity index is 1020. The Morgan fingerprint density at radius 2 is 2.00 bits per heavy atom. The zero-order valence-electron chi connectivity index (χ0n) is 15.9. The number of aromatic nitrogens is 3. The highest BCUT2D eigenvalue weighted by Gasteiger charge is 2.28. The number of rotatable bonds is 6. The molecule has 28 heavy (non-hydrogen) atoms. The maximum absolute atomic E-state index is 12.7. The van der Waals surface area contributed by atoms with Crippen molar-refractivity contribution in [2.45, 2.75) is 38.6 Å². The standard InChI is InChI=1S/C21H22N4O3/c1-13(2)25-20-17(11-22-25)16(10-18(24-20)14-8-9-14)21(27)28-12-19(26)23-15-6-4-3-5-7-15/h3-7,10-11,13-14H,8-9,12H2,1-2H3,(H,23,26). The maximum atomic E-state index is 12.7. The number of benzene rings is 1. The van der Waals surface area contributed by atoms with Gasteiger partial charge in [0.1, 0.15) is 0 Å². The molecule has 1 N–H and O–H groups in total. The minimum Gasteiger partial charge on any atom is -0.452 e. The largest absolute Gasteiger partial charge is 0.452 e. The SMILES string of the molecule is CC(C)n1ncc2c(C(=O)OCC(=O)Nc3ccccc3)cc(C3CC3)nc21. The van der Waals surface area contributed by atoms with Crippen molar-refractivity contribution in [2.75, 3.05) is 11.9 Å². The molecule has 0 bridgehead atoms. The van der Waals surface area contributed by atoms with E-state index in [9.17, 15) is 9.59 Å². The van der Waals surface area contributed by atoms with Crippen molar-refractivity contribution < 1.29 is 14.3 Å². The number of hydrogen-bond acceptors (Lipinski definition) is 5. The molecule has 0 unspecified atom stereocenters. The lowest BCUT2D eigenvalue weighted by molar-refractivity contribution is -0.119. The van der Waals surface area contributed by atoms with E-state index in [-0.39, 0.29) is 18.6 Å². The molecule has 1 saturated carbocycles. The first kappa shape index (κ1) is 18.2. The van der Waals surface area contributed by atoms with E-state index in [1.54, 1.807) is 29.1 Å². The molecule has 0 saturated heterocycles. The van der Waals surface area contributed by atoms with Crippen LogP contribution in [0, 0.1) is 0 Å². The van der Waals surface area contributed by atoms with Gasteiger partial charge in [0.2, 0.25) is 0 Å². The third kappa shape index (κ3) is 3.74. The van der Waals surface area contributed by atoms with Crippen LogP contribution in [0.1, 0.15) is 54.7 Å². The smallest absolute Gasteiger partial charge is 0.339 e. The maximum Gasteiger partial charge on any atom is 0.339 e. The van der Waals surface area contributed by atoms with Crippen LogP contribution < -0.4 is 5.32 Å². The summed E-state index contributed by atoms with van der Waals surface area (Å²) in [4.78, 5) is 29.5. The van der Waals surface area contributed by atoms with E-state index in [0.29, 0.717) is 28.2 Å². The van der Waals surface area contributed by atoms with Gasteiger partial charge in [0.25, 0.3) is 5.91 Å². The molecule has 2 heterocycles. The molecule has 1 aromatic carbocycles. The first-order valence-corrected chi connectivity index (χ1v) is 9.43. The summed E-state index contributed by atoms with van der Waals surface area (Å²) in [7, 11) is 0.